The lowest BCUT2D eigenvalue weighted by Crippen LogP contribution is -2.39. The van der Waals surface area contributed by atoms with Gasteiger partial charge in [-0.2, -0.15) is 0 Å². The molecule has 0 fully saturated rings. The van der Waals surface area contributed by atoms with Gasteiger partial charge in [0.05, 0.1) is 4.92 Å². The molecule has 0 aromatic heterocycles. The van der Waals surface area contributed by atoms with Crippen LogP contribution in [-0.2, 0) is 0 Å². The highest BCUT2D eigenvalue weighted by Gasteiger charge is 2.17. The number of non-ortho nitro benzene ring substituents is 1. The minimum atomic E-state index is -0.510. The Morgan fingerprint density at radius 1 is 1.37 bits per heavy atom. The smallest absolute Gasteiger partial charge is 0.269 e. The molecule has 6 heteroatoms. The van der Waals surface area contributed by atoms with Gasteiger partial charge in [-0.15, -0.1) is 0 Å². The van der Waals surface area contributed by atoms with Crippen LogP contribution >= 0.6 is 0 Å². The molecular weight excluding hydrogens is 248 g/mol. The van der Waals surface area contributed by atoms with Gasteiger partial charge in [-0.05, 0) is 24.5 Å². The first-order valence-corrected chi connectivity index (χ1v) is 6.12. The Bertz CT molecular complexity index is 442. The molecule has 1 atom stereocenters. The molecule has 1 aromatic carbocycles. The summed E-state index contributed by atoms with van der Waals surface area (Å²) in [7, 11) is 0. The largest absolute Gasteiger partial charge is 0.396 e. The number of nitrogens with zero attached hydrogens (tertiary/aromatic N) is 1. The maximum atomic E-state index is 12.0. The van der Waals surface area contributed by atoms with Gasteiger partial charge in [-0.3, -0.25) is 14.9 Å². The normalized spacial score (nSPS) is 12.2. The molecular formula is C13H18N2O4. The second kappa shape index (κ2) is 6.84. The van der Waals surface area contributed by atoms with E-state index in [1.165, 1.54) is 24.3 Å². The maximum absolute atomic E-state index is 12.0. The molecule has 2 N–H and O–H groups in total. The summed E-state index contributed by atoms with van der Waals surface area (Å²) in [6.45, 7) is 3.91. The highest BCUT2D eigenvalue weighted by Crippen LogP contribution is 2.13. The van der Waals surface area contributed by atoms with Crippen LogP contribution in [0, 0.1) is 16.0 Å². The van der Waals surface area contributed by atoms with Gasteiger partial charge in [0, 0.05) is 30.3 Å². The molecule has 0 aliphatic heterocycles. The zero-order valence-electron chi connectivity index (χ0n) is 11.0. The molecule has 0 aliphatic rings. The van der Waals surface area contributed by atoms with E-state index in [0.29, 0.717) is 12.0 Å². The Labute approximate surface area is 111 Å². The fourth-order valence-electron chi connectivity index (χ4n) is 1.70. The summed E-state index contributed by atoms with van der Waals surface area (Å²) in [6, 6.07) is 5.32. The number of amides is 1. The lowest BCUT2D eigenvalue weighted by molar-refractivity contribution is -0.384. The van der Waals surface area contributed by atoms with Crippen molar-refractivity contribution in [3.8, 4) is 0 Å². The summed E-state index contributed by atoms with van der Waals surface area (Å²) in [6.07, 6.45) is 0.483. The average Bonchev–Trinajstić information content (AvgIpc) is 2.38. The Balaban J connectivity index is 2.74. The van der Waals surface area contributed by atoms with Crippen LogP contribution in [-0.4, -0.2) is 28.6 Å². The van der Waals surface area contributed by atoms with E-state index in [0.717, 1.165) is 0 Å². The first-order chi connectivity index (χ1) is 8.95. The lowest BCUT2D eigenvalue weighted by atomic mass is 10.0. The van der Waals surface area contributed by atoms with Crippen molar-refractivity contribution in [2.24, 2.45) is 5.92 Å². The van der Waals surface area contributed by atoms with Gasteiger partial charge in [-0.25, -0.2) is 0 Å². The van der Waals surface area contributed by atoms with E-state index < -0.39 is 4.92 Å². The average molecular weight is 266 g/mol. The molecule has 1 aromatic rings. The van der Waals surface area contributed by atoms with Gasteiger partial charge in [0.2, 0.25) is 0 Å². The van der Waals surface area contributed by atoms with E-state index in [2.05, 4.69) is 5.32 Å². The summed E-state index contributed by atoms with van der Waals surface area (Å²) >= 11 is 0. The summed E-state index contributed by atoms with van der Waals surface area (Å²) in [5.41, 5.74) is 0.321. The fraction of sp³-hybridized carbons (Fsp3) is 0.462. The number of nitrogens with one attached hydrogen (secondary N) is 1. The second-order valence-electron chi connectivity index (χ2n) is 4.64. The summed E-state index contributed by atoms with van der Waals surface area (Å²) < 4.78 is 0. The van der Waals surface area contributed by atoms with Crippen LogP contribution < -0.4 is 5.32 Å². The standard InChI is InChI=1S/C13H18N2O4/c1-9(2)12(7-8-16)14-13(17)10-3-5-11(6-4-10)15(18)19/h3-6,9,12,16H,7-8H2,1-2H3,(H,14,17). The number of rotatable bonds is 6. The number of hydrogen-bond donors (Lipinski definition) is 2. The van der Waals surface area contributed by atoms with Crippen molar-refractivity contribution < 1.29 is 14.8 Å². The van der Waals surface area contributed by atoms with Crippen molar-refractivity contribution in [1.82, 2.24) is 5.32 Å². The van der Waals surface area contributed by atoms with Crippen LogP contribution in [0.25, 0.3) is 0 Å². The molecule has 0 heterocycles. The SMILES string of the molecule is CC(C)C(CCO)NC(=O)c1ccc([N+](=O)[O-])cc1. The molecule has 19 heavy (non-hydrogen) atoms. The van der Waals surface area contributed by atoms with Crippen molar-refractivity contribution in [1.29, 1.82) is 0 Å². The molecule has 6 nitrogen and oxygen atoms in total. The second-order valence-corrected chi connectivity index (χ2v) is 4.64. The zero-order chi connectivity index (χ0) is 14.4. The molecule has 0 spiro atoms. The number of benzene rings is 1. The third-order valence-electron chi connectivity index (χ3n) is 2.90. The third-order valence-corrected chi connectivity index (χ3v) is 2.90. The Kier molecular flexibility index (Phi) is 5.44. The van der Waals surface area contributed by atoms with Crippen molar-refractivity contribution in [2.45, 2.75) is 26.3 Å². The minimum Gasteiger partial charge on any atom is -0.396 e. The van der Waals surface area contributed by atoms with Crippen molar-refractivity contribution in [2.75, 3.05) is 6.61 Å². The Hall–Kier alpha value is -1.95. The predicted octanol–water partition coefficient (Wildman–Crippen LogP) is 1.73. The molecule has 1 rings (SSSR count). The zero-order valence-corrected chi connectivity index (χ0v) is 11.0. The number of aliphatic hydroxyl groups excluding tert-OH is 1. The van der Waals surface area contributed by atoms with Crippen molar-refractivity contribution >= 4 is 11.6 Å². The van der Waals surface area contributed by atoms with Crippen molar-refractivity contribution in [3.05, 3.63) is 39.9 Å². The number of aliphatic hydroxyl groups is 1. The van der Waals surface area contributed by atoms with E-state index in [1.54, 1.807) is 0 Å². The number of hydrogen-bond acceptors (Lipinski definition) is 4. The summed E-state index contributed by atoms with van der Waals surface area (Å²) in [4.78, 5) is 22.0. The topological polar surface area (TPSA) is 92.5 Å². The highest BCUT2D eigenvalue weighted by molar-refractivity contribution is 5.94. The molecule has 0 bridgehead atoms. The van der Waals surface area contributed by atoms with Crippen LogP contribution in [0.4, 0.5) is 5.69 Å². The molecule has 104 valence electrons. The first kappa shape index (κ1) is 15.1. The number of carbonyl (C=O) groups is 1. The van der Waals surface area contributed by atoms with Crippen LogP contribution in [0.15, 0.2) is 24.3 Å². The van der Waals surface area contributed by atoms with E-state index in [9.17, 15) is 14.9 Å². The van der Waals surface area contributed by atoms with Crippen LogP contribution in [0.1, 0.15) is 30.6 Å². The van der Waals surface area contributed by atoms with E-state index >= 15 is 0 Å². The van der Waals surface area contributed by atoms with Crippen molar-refractivity contribution in [3.63, 3.8) is 0 Å². The van der Waals surface area contributed by atoms with Gasteiger partial charge in [0.25, 0.3) is 11.6 Å². The number of nitro benzene ring substituents is 1. The van der Waals surface area contributed by atoms with E-state index in [4.69, 9.17) is 5.11 Å². The van der Waals surface area contributed by atoms with Gasteiger partial charge < -0.3 is 10.4 Å². The molecule has 1 unspecified atom stereocenters. The number of carbonyl (C=O) groups excluding carboxylic acids is 1. The van der Waals surface area contributed by atoms with Gasteiger partial charge >= 0.3 is 0 Å². The van der Waals surface area contributed by atoms with E-state index in [1.807, 2.05) is 13.8 Å². The summed E-state index contributed by atoms with van der Waals surface area (Å²) in [5.74, 6) is -0.0869. The van der Waals surface area contributed by atoms with Crippen LogP contribution in [0.3, 0.4) is 0 Å². The fourth-order valence-corrected chi connectivity index (χ4v) is 1.70. The quantitative estimate of drug-likeness (QED) is 0.605. The monoisotopic (exact) mass is 266 g/mol. The Morgan fingerprint density at radius 2 is 1.95 bits per heavy atom. The molecule has 0 radical (unpaired) electrons. The maximum Gasteiger partial charge on any atom is 0.269 e. The predicted molar refractivity (Wildman–Crippen MR) is 70.9 cm³/mol. The first-order valence-electron chi connectivity index (χ1n) is 6.12. The Morgan fingerprint density at radius 3 is 2.37 bits per heavy atom. The lowest BCUT2D eigenvalue weighted by Gasteiger charge is -2.21. The molecule has 0 aliphatic carbocycles. The van der Waals surface area contributed by atoms with Crippen LogP contribution in [0.5, 0.6) is 0 Å². The highest BCUT2D eigenvalue weighted by atomic mass is 16.6. The molecule has 1 amide bonds. The minimum absolute atomic E-state index is 0.00336. The molecule has 0 saturated carbocycles. The van der Waals surface area contributed by atoms with Gasteiger partial charge in [0.1, 0.15) is 0 Å². The summed E-state index contributed by atoms with van der Waals surface area (Å²) in [5, 5.41) is 22.3. The molecule has 0 saturated heterocycles. The van der Waals surface area contributed by atoms with Gasteiger partial charge in [-0.1, -0.05) is 13.8 Å². The van der Waals surface area contributed by atoms with Crippen LogP contribution in [0.2, 0.25) is 0 Å². The van der Waals surface area contributed by atoms with E-state index in [-0.39, 0.29) is 30.2 Å². The van der Waals surface area contributed by atoms with Gasteiger partial charge in [0.15, 0.2) is 0 Å². The number of nitro groups is 1. The third kappa shape index (κ3) is 4.33.